The molecule has 6 heteroatoms. The maximum atomic E-state index is 6.30. The first-order valence-electron chi connectivity index (χ1n) is 5.77. The van der Waals surface area contributed by atoms with Gasteiger partial charge in [0.1, 0.15) is 5.15 Å². The molecule has 0 radical (unpaired) electrons. The van der Waals surface area contributed by atoms with Gasteiger partial charge in [-0.3, -0.25) is 0 Å². The molecule has 0 aliphatic rings. The van der Waals surface area contributed by atoms with Crippen LogP contribution in [0.5, 0.6) is 0 Å². The highest BCUT2D eigenvalue weighted by atomic mass is 35.5. The van der Waals surface area contributed by atoms with Crippen molar-refractivity contribution in [2.45, 2.75) is 18.0 Å². The molecule has 3 aromatic rings. The van der Waals surface area contributed by atoms with Crippen LogP contribution in [0.3, 0.4) is 0 Å². The first kappa shape index (κ1) is 12.4. The maximum Gasteiger partial charge on any atom is 0.189 e. The topological polar surface area (TPSA) is 43.6 Å². The summed E-state index contributed by atoms with van der Waals surface area (Å²) in [7, 11) is 0. The largest absolute Gasteiger partial charge is 0.242 e. The van der Waals surface area contributed by atoms with Gasteiger partial charge in [-0.05, 0) is 25.1 Å². The molecule has 96 valence electrons. The second-order valence-corrected chi connectivity index (χ2v) is 5.33. The van der Waals surface area contributed by atoms with Crippen LogP contribution in [0.2, 0.25) is 5.15 Å². The molecule has 1 aromatic carbocycles. The fraction of sp³-hybridized carbons (Fsp3) is 0.154. The molecule has 19 heavy (non-hydrogen) atoms. The molecule has 0 aliphatic carbocycles. The van der Waals surface area contributed by atoms with Crippen LogP contribution in [0.25, 0.3) is 10.9 Å². The van der Waals surface area contributed by atoms with Crippen molar-refractivity contribution in [3.8, 4) is 0 Å². The van der Waals surface area contributed by atoms with E-state index in [0.717, 1.165) is 21.8 Å². The number of aromatic nitrogens is 4. The number of hydrogen-bond donors (Lipinski definition) is 0. The van der Waals surface area contributed by atoms with Gasteiger partial charge < -0.3 is 0 Å². The van der Waals surface area contributed by atoms with E-state index >= 15 is 0 Å². The molecule has 0 saturated heterocycles. The average Bonchev–Trinajstić information content (AvgIpc) is 2.74. The van der Waals surface area contributed by atoms with Gasteiger partial charge in [-0.25, -0.2) is 14.6 Å². The molecule has 0 bridgehead atoms. The lowest BCUT2D eigenvalue weighted by molar-refractivity contribution is 0.758. The van der Waals surface area contributed by atoms with Crippen LogP contribution in [0.4, 0.5) is 0 Å². The van der Waals surface area contributed by atoms with Crippen LogP contribution in [0.15, 0.2) is 41.7 Å². The molecular weight excluding hydrogens is 280 g/mol. The fourth-order valence-corrected chi connectivity index (χ4v) is 2.84. The van der Waals surface area contributed by atoms with E-state index < -0.39 is 0 Å². The van der Waals surface area contributed by atoms with Crippen molar-refractivity contribution in [3.05, 3.63) is 47.4 Å². The molecule has 0 atom stereocenters. The quantitative estimate of drug-likeness (QED) is 0.547. The van der Waals surface area contributed by atoms with E-state index in [2.05, 4.69) is 15.1 Å². The molecule has 0 unspecified atom stereocenters. The third kappa shape index (κ3) is 2.57. The molecule has 0 fully saturated rings. The van der Waals surface area contributed by atoms with Crippen molar-refractivity contribution in [2.24, 2.45) is 0 Å². The third-order valence-corrected chi connectivity index (χ3v) is 3.90. The van der Waals surface area contributed by atoms with E-state index in [1.165, 1.54) is 11.8 Å². The van der Waals surface area contributed by atoms with Crippen LogP contribution in [0.1, 0.15) is 5.69 Å². The van der Waals surface area contributed by atoms with Crippen molar-refractivity contribution in [1.82, 2.24) is 19.7 Å². The molecule has 0 saturated carbocycles. The van der Waals surface area contributed by atoms with E-state index in [1.54, 1.807) is 10.9 Å². The molecule has 0 N–H and O–H groups in total. The van der Waals surface area contributed by atoms with Gasteiger partial charge in [0.05, 0.1) is 11.4 Å². The van der Waals surface area contributed by atoms with E-state index in [1.807, 2.05) is 37.3 Å². The highest BCUT2D eigenvalue weighted by molar-refractivity contribution is 7.98. The lowest BCUT2D eigenvalue weighted by Crippen LogP contribution is -1.98. The van der Waals surface area contributed by atoms with Gasteiger partial charge in [0, 0.05) is 17.3 Å². The van der Waals surface area contributed by atoms with Crippen molar-refractivity contribution < 1.29 is 0 Å². The number of benzene rings is 1. The highest BCUT2D eigenvalue weighted by Crippen LogP contribution is 2.25. The normalized spacial score (nSPS) is 11.1. The first-order valence-corrected chi connectivity index (χ1v) is 7.14. The molecule has 0 spiro atoms. The summed E-state index contributed by atoms with van der Waals surface area (Å²) < 4.78 is 1.77. The fourth-order valence-electron chi connectivity index (χ4n) is 1.75. The lowest BCUT2D eigenvalue weighted by Gasteiger charge is -2.02. The Bertz CT molecular complexity index is 725. The number of nitrogens with zero attached hydrogens (tertiary/aromatic N) is 4. The predicted molar refractivity (Wildman–Crippen MR) is 77.4 cm³/mol. The molecule has 0 amide bonds. The molecule has 2 aromatic heterocycles. The number of hydrogen-bond acceptors (Lipinski definition) is 4. The van der Waals surface area contributed by atoms with Crippen LogP contribution in [0, 0.1) is 6.92 Å². The van der Waals surface area contributed by atoms with Crippen LogP contribution in [-0.4, -0.2) is 19.7 Å². The molecule has 3 rings (SSSR count). The third-order valence-electron chi connectivity index (χ3n) is 2.67. The molecule has 0 aliphatic heterocycles. The van der Waals surface area contributed by atoms with E-state index in [-0.39, 0.29) is 0 Å². The maximum absolute atomic E-state index is 6.30. The van der Waals surface area contributed by atoms with E-state index in [9.17, 15) is 0 Å². The zero-order chi connectivity index (χ0) is 13.2. The minimum atomic E-state index is 0.594. The zero-order valence-corrected chi connectivity index (χ0v) is 11.8. The monoisotopic (exact) mass is 290 g/mol. The summed E-state index contributed by atoms with van der Waals surface area (Å²) in [5.41, 5.74) is 1.85. The summed E-state index contributed by atoms with van der Waals surface area (Å²) in [5.74, 6) is 0.594. The summed E-state index contributed by atoms with van der Waals surface area (Å²) >= 11 is 7.81. The van der Waals surface area contributed by atoms with Gasteiger partial charge in [-0.2, -0.15) is 5.10 Å². The zero-order valence-electron chi connectivity index (χ0n) is 10.2. The Balaban J connectivity index is 1.84. The number of fused-ring (bicyclic) bond motifs is 1. The SMILES string of the molecule is Cc1ccnc(SCn2nc3ccccc3c2Cl)n1. The Morgan fingerprint density at radius 3 is 2.89 bits per heavy atom. The summed E-state index contributed by atoms with van der Waals surface area (Å²) in [6.07, 6.45) is 1.76. The van der Waals surface area contributed by atoms with E-state index in [4.69, 9.17) is 11.6 Å². The first-order chi connectivity index (χ1) is 9.24. The lowest BCUT2D eigenvalue weighted by atomic mass is 10.3. The summed E-state index contributed by atoms with van der Waals surface area (Å²) in [5, 5.41) is 6.81. The highest BCUT2D eigenvalue weighted by Gasteiger charge is 2.09. The molecule has 4 nitrogen and oxygen atoms in total. The van der Waals surface area contributed by atoms with Gasteiger partial charge >= 0.3 is 0 Å². The number of halogens is 1. The smallest absolute Gasteiger partial charge is 0.189 e. The van der Waals surface area contributed by atoms with Gasteiger partial charge in [-0.15, -0.1) is 0 Å². The van der Waals surface area contributed by atoms with Crippen LogP contribution >= 0.6 is 23.4 Å². The predicted octanol–water partition coefficient (Wildman–Crippen LogP) is 3.54. The second-order valence-electron chi connectivity index (χ2n) is 4.06. The van der Waals surface area contributed by atoms with E-state index in [0.29, 0.717) is 11.0 Å². The summed E-state index contributed by atoms with van der Waals surface area (Å²) in [6, 6.07) is 9.70. The second kappa shape index (κ2) is 5.19. The Kier molecular flexibility index (Phi) is 3.40. The standard InChI is InChI=1S/C13H11ClN4S/c1-9-6-7-15-13(16-9)19-8-18-12(14)10-4-2-3-5-11(10)17-18/h2-7H,8H2,1H3. The van der Waals surface area contributed by atoms with Crippen molar-refractivity contribution in [2.75, 3.05) is 0 Å². The number of aryl methyl sites for hydroxylation is 1. The molecule has 2 heterocycles. The molecular formula is C13H11ClN4S. The Morgan fingerprint density at radius 2 is 2.11 bits per heavy atom. The van der Waals surface area contributed by atoms with Crippen LogP contribution in [-0.2, 0) is 5.88 Å². The minimum Gasteiger partial charge on any atom is -0.242 e. The van der Waals surface area contributed by atoms with Gasteiger partial charge in [0.15, 0.2) is 5.16 Å². The Morgan fingerprint density at radius 1 is 1.26 bits per heavy atom. The van der Waals surface area contributed by atoms with Crippen molar-refractivity contribution in [3.63, 3.8) is 0 Å². The number of thioether (sulfide) groups is 1. The summed E-state index contributed by atoms with van der Waals surface area (Å²) in [4.78, 5) is 8.55. The van der Waals surface area contributed by atoms with Gasteiger partial charge in [0.25, 0.3) is 0 Å². The number of rotatable bonds is 3. The minimum absolute atomic E-state index is 0.594. The van der Waals surface area contributed by atoms with Crippen LogP contribution < -0.4 is 0 Å². The van der Waals surface area contributed by atoms with Crippen molar-refractivity contribution >= 4 is 34.3 Å². The van der Waals surface area contributed by atoms with Gasteiger partial charge in [-0.1, -0.05) is 35.5 Å². The average molecular weight is 291 g/mol. The Labute approximate surface area is 119 Å². The summed E-state index contributed by atoms with van der Waals surface area (Å²) in [6.45, 7) is 1.95. The Hall–Kier alpha value is -1.59. The van der Waals surface area contributed by atoms with Crippen molar-refractivity contribution in [1.29, 1.82) is 0 Å². The van der Waals surface area contributed by atoms with Gasteiger partial charge in [0.2, 0.25) is 0 Å².